The maximum absolute atomic E-state index is 13.2. The normalized spacial score (nSPS) is 24.7. The lowest BCUT2D eigenvalue weighted by Crippen LogP contribution is -2.44. The van der Waals surface area contributed by atoms with Crippen LogP contribution >= 0.6 is 0 Å². The second-order valence-corrected chi connectivity index (χ2v) is 8.39. The summed E-state index contributed by atoms with van der Waals surface area (Å²) in [5.74, 6) is 0.798. The van der Waals surface area contributed by atoms with Gasteiger partial charge in [0.1, 0.15) is 0 Å². The van der Waals surface area contributed by atoms with Crippen LogP contribution in [0.25, 0.3) is 0 Å². The van der Waals surface area contributed by atoms with Crippen molar-refractivity contribution in [1.29, 1.82) is 0 Å². The number of hydrogen-bond donors (Lipinski definition) is 0. The zero-order valence-electron chi connectivity index (χ0n) is 15.8. The van der Waals surface area contributed by atoms with Crippen LogP contribution in [0.15, 0.2) is 42.6 Å². The highest BCUT2D eigenvalue weighted by Crippen LogP contribution is 2.30. The van der Waals surface area contributed by atoms with Gasteiger partial charge in [-0.1, -0.05) is 12.1 Å². The SMILES string of the molecule is O=C(c1ccc2c(c1)CCC2)N1C[C@@H]2CC[C@H](C1)N(Cc1ccccn1)C2. The molecule has 3 fully saturated rings. The summed E-state index contributed by atoms with van der Waals surface area (Å²) < 4.78 is 0. The first kappa shape index (κ1) is 16.9. The van der Waals surface area contributed by atoms with E-state index < -0.39 is 0 Å². The summed E-state index contributed by atoms with van der Waals surface area (Å²) in [5.41, 5.74) is 4.83. The Morgan fingerprint density at radius 3 is 2.85 bits per heavy atom. The zero-order chi connectivity index (χ0) is 18.2. The van der Waals surface area contributed by atoms with Gasteiger partial charge in [-0.05, 0) is 73.4 Å². The summed E-state index contributed by atoms with van der Waals surface area (Å²) in [6.45, 7) is 3.71. The molecule has 3 saturated heterocycles. The van der Waals surface area contributed by atoms with E-state index in [9.17, 15) is 4.79 Å². The third kappa shape index (κ3) is 3.39. The van der Waals surface area contributed by atoms with Crippen molar-refractivity contribution in [1.82, 2.24) is 14.8 Å². The quantitative estimate of drug-likeness (QED) is 0.842. The van der Waals surface area contributed by atoms with E-state index in [0.717, 1.165) is 43.9 Å². The summed E-state index contributed by atoms with van der Waals surface area (Å²) in [5, 5.41) is 0. The Hall–Kier alpha value is -2.20. The molecule has 0 N–H and O–H groups in total. The summed E-state index contributed by atoms with van der Waals surface area (Å²) >= 11 is 0. The molecule has 0 saturated carbocycles. The molecule has 1 aromatic heterocycles. The van der Waals surface area contributed by atoms with Crippen LogP contribution in [0.5, 0.6) is 0 Å². The maximum Gasteiger partial charge on any atom is 0.253 e. The first-order chi connectivity index (χ1) is 13.3. The molecule has 2 atom stereocenters. The molecule has 4 aliphatic rings. The second-order valence-electron chi connectivity index (χ2n) is 8.39. The lowest BCUT2D eigenvalue weighted by atomic mass is 9.95. The third-order valence-corrected chi connectivity index (χ3v) is 6.55. The number of carbonyl (C=O) groups excluding carboxylic acids is 1. The molecule has 1 aliphatic carbocycles. The average Bonchev–Trinajstić information content (AvgIpc) is 2.99. The Morgan fingerprint density at radius 1 is 1.04 bits per heavy atom. The van der Waals surface area contributed by atoms with Crippen LogP contribution < -0.4 is 0 Å². The third-order valence-electron chi connectivity index (χ3n) is 6.55. The van der Waals surface area contributed by atoms with E-state index in [4.69, 9.17) is 0 Å². The molecule has 27 heavy (non-hydrogen) atoms. The summed E-state index contributed by atoms with van der Waals surface area (Å²) in [6, 6.07) is 13.0. The second kappa shape index (κ2) is 7.08. The molecule has 0 spiro atoms. The van der Waals surface area contributed by atoms with Crippen LogP contribution in [0.1, 0.15) is 46.4 Å². The molecular weight excluding hydrogens is 334 g/mol. The molecule has 2 bridgehead atoms. The molecule has 4 heteroatoms. The predicted molar refractivity (Wildman–Crippen MR) is 106 cm³/mol. The minimum absolute atomic E-state index is 0.223. The molecule has 1 aromatic carbocycles. The van der Waals surface area contributed by atoms with Gasteiger partial charge in [-0.3, -0.25) is 14.7 Å². The van der Waals surface area contributed by atoms with Gasteiger partial charge in [-0.25, -0.2) is 0 Å². The maximum atomic E-state index is 13.2. The smallest absolute Gasteiger partial charge is 0.253 e. The standard InChI is InChI=1S/C23H27N3O/c27-23(20-9-8-18-4-3-5-19(18)12-20)26-14-17-7-10-22(16-26)25(13-17)15-21-6-1-2-11-24-21/h1-2,6,8-9,11-12,17,22H,3-5,7,10,13-16H2/t17-,22-/m1/s1. The van der Waals surface area contributed by atoms with Crippen molar-refractivity contribution >= 4 is 5.91 Å². The van der Waals surface area contributed by atoms with Crippen LogP contribution in [0, 0.1) is 5.92 Å². The highest BCUT2D eigenvalue weighted by Gasteiger charge is 2.36. The topological polar surface area (TPSA) is 36.4 Å². The fourth-order valence-corrected chi connectivity index (χ4v) is 5.13. The Morgan fingerprint density at radius 2 is 1.96 bits per heavy atom. The van der Waals surface area contributed by atoms with E-state index in [-0.39, 0.29) is 5.91 Å². The lowest BCUT2D eigenvalue weighted by Gasteiger charge is -2.35. The Balaban J connectivity index is 1.33. The van der Waals surface area contributed by atoms with Crippen molar-refractivity contribution in [2.45, 2.75) is 44.7 Å². The van der Waals surface area contributed by atoms with E-state index in [1.807, 2.05) is 18.3 Å². The summed E-state index contributed by atoms with van der Waals surface area (Å²) in [6.07, 6.45) is 7.81. The predicted octanol–water partition coefficient (Wildman–Crippen LogP) is 3.31. The Kier molecular flexibility index (Phi) is 4.44. The molecule has 140 valence electrons. The number of benzene rings is 1. The average molecular weight is 361 g/mol. The number of pyridine rings is 1. The number of amides is 1. The van der Waals surface area contributed by atoms with Crippen LogP contribution in [-0.4, -0.2) is 46.4 Å². The molecule has 4 nitrogen and oxygen atoms in total. The molecule has 3 aliphatic heterocycles. The van der Waals surface area contributed by atoms with E-state index in [2.05, 4.69) is 39.0 Å². The van der Waals surface area contributed by atoms with Crippen molar-refractivity contribution < 1.29 is 4.79 Å². The van der Waals surface area contributed by atoms with Crippen LogP contribution in [0.3, 0.4) is 0 Å². The van der Waals surface area contributed by atoms with Gasteiger partial charge < -0.3 is 4.90 Å². The number of carbonyl (C=O) groups is 1. The van der Waals surface area contributed by atoms with E-state index in [1.54, 1.807) is 0 Å². The number of aryl methyl sites for hydroxylation is 2. The van der Waals surface area contributed by atoms with E-state index in [0.29, 0.717) is 12.0 Å². The van der Waals surface area contributed by atoms with Gasteiger partial charge >= 0.3 is 0 Å². The van der Waals surface area contributed by atoms with Gasteiger partial charge in [0.25, 0.3) is 5.91 Å². The minimum atomic E-state index is 0.223. The van der Waals surface area contributed by atoms with Crippen molar-refractivity contribution in [3.63, 3.8) is 0 Å². The van der Waals surface area contributed by atoms with E-state index in [1.165, 1.54) is 36.8 Å². The first-order valence-corrected chi connectivity index (χ1v) is 10.3. The molecular formula is C23H27N3O. The molecule has 4 heterocycles. The van der Waals surface area contributed by atoms with Crippen molar-refractivity contribution in [2.24, 2.45) is 5.92 Å². The highest BCUT2D eigenvalue weighted by molar-refractivity contribution is 5.94. The number of fused-ring (bicyclic) bond motifs is 5. The van der Waals surface area contributed by atoms with Gasteiger partial charge in [-0.15, -0.1) is 0 Å². The van der Waals surface area contributed by atoms with Gasteiger partial charge in [0.2, 0.25) is 0 Å². The highest BCUT2D eigenvalue weighted by atomic mass is 16.2. The molecule has 2 aromatic rings. The molecule has 0 unspecified atom stereocenters. The fourth-order valence-electron chi connectivity index (χ4n) is 5.13. The van der Waals surface area contributed by atoms with E-state index >= 15 is 0 Å². The fraction of sp³-hybridized carbons (Fsp3) is 0.478. The van der Waals surface area contributed by atoms with Gasteiger partial charge in [-0.2, -0.15) is 0 Å². The van der Waals surface area contributed by atoms with Crippen molar-refractivity contribution in [2.75, 3.05) is 19.6 Å². The summed E-state index contributed by atoms with van der Waals surface area (Å²) in [7, 11) is 0. The Labute approximate surface area is 161 Å². The Bertz CT molecular complexity index is 835. The van der Waals surface area contributed by atoms with Gasteiger partial charge in [0.05, 0.1) is 5.69 Å². The number of piperidine rings is 1. The van der Waals surface area contributed by atoms with Crippen LogP contribution in [0.2, 0.25) is 0 Å². The number of hydrogen-bond acceptors (Lipinski definition) is 3. The molecule has 1 amide bonds. The zero-order valence-corrected chi connectivity index (χ0v) is 15.8. The van der Waals surface area contributed by atoms with Crippen molar-refractivity contribution in [3.05, 3.63) is 65.0 Å². The summed E-state index contributed by atoms with van der Waals surface area (Å²) in [4.78, 5) is 22.4. The van der Waals surface area contributed by atoms with Crippen LogP contribution in [0.4, 0.5) is 0 Å². The lowest BCUT2D eigenvalue weighted by molar-refractivity contribution is 0.0735. The van der Waals surface area contributed by atoms with Gasteiger partial charge in [0.15, 0.2) is 0 Å². The number of rotatable bonds is 3. The monoisotopic (exact) mass is 361 g/mol. The van der Waals surface area contributed by atoms with Gasteiger partial charge in [0, 0.05) is 44.0 Å². The number of nitrogens with zero attached hydrogens (tertiary/aromatic N) is 3. The largest absolute Gasteiger partial charge is 0.337 e. The molecule has 6 rings (SSSR count). The van der Waals surface area contributed by atoms with Crippen LogP contribution in [-0.2, 0) is 19.4 Å². The number of aromatic nitrogens is 1. The molecule has 0 radical (unpaired) electrons. The first-order valence-electron chi connectivity index (χ1n) is 10.3. The van der Waals surface area contributed by atoms with Crippen molar-refractivity contribution in [3.8, 4) is 0 Å². The minimum Gasteiger partial charge on any atom is -0.337 e.